The normalized spacial score (nSPS) is 13.0. The van der Waals surface area contributed by atoms with Crippen LogP contribution in [0.2, 0.25) is 0 Å². The average Bonchev–Trinajstić information content (AvgIpc) is 3.13. The molecule has 0 radical (unpaired) electrons. The highest BCUT2D eigenvalue weighted by Crippen LogP contribution is 2.18. The fourth-order valence-corrected chi connectivity index (χ4v) is 5.04. The van der Waals surface area contributed by atoms with Crippen LogP contribution in [0.4, 0.5) is 4.39 Å². The van der Waals surface area contributed by atoms with E-state index in [1.807, 2.05) is 4.72 Å². The number of thiophene rings is 1. The van der Waals surface area contributed by atoms with Crippen LogP contribution in [0.15, 0.2) is 41.3 Å². The minimum atomic E-state index is -4.30. The van der Waals surface area contributed by atoms with Gasteiger partial charge in [-0.2, -0.15) is 4.72 Å². The predicted octanol–water partition coefficient (Wildman–Crippen LogP) is 1.07. The molecular weight excluding hydrogens is 471 g/mol. The van der Waals surface area contributed by atoms with Gasteiger partial charge in [0, 0.05) is 11.4 Å². The summed E-state index contributed by atoms with van der Waals surface area (Å²) in [5.74, 6) is -2.46. The van der Waals surface area contributed by atoms with Crippen LogP contribution in [0.3, 0.4) is 0 Å². The predicted molar refractivity (Wildman–Crippen MR) is 112 cm³/mol. The number of Topliss-reactive ketones (excluding diaryl/α,β-unsaturated/α-hetero) is 1. The van der Waals surface area contributed by atoms with Gasteiger partial charge in [-0.25, -0.2) is 25.9 Å². The van der Waals surface area contributed by atoms with Crippen molar-refractivity contribution < 1.29 is 35.6 Å². The third-order valence-electron chi connectivity index (χ3n) is 3.83. The fraction of sp³-hybridized carbons (Fsp3) is 0.333. The second-order valence-electron chi connectivity index (χ2n) is 6.49. The topological polar surface area (TPSA) is 136 Å². The Bertz CT molecular complexity index is 1160. The van der Waals surface area contributed by atoms with Gasteiger partial charge in [0.25, 0.3) is 0 Å². The Morgan fingerprint density at radius 3 is 2.45 bits per heavy atom. The minimum Gasteiger partial charge on any atom is -0.456 e. The van der Waals surface area contributed by atoms with Crippen LogP contribution < -0.4 is 9.44 Å². The summed E-state index contributed by atoms with van der Waals surface area (Å²) in [4.78, 5) is 24.7. The van der Waals surface area contributed by atoms with E-state index in [-0.39, 0.29) is 6.54 Å². The molecule has 0 aliphatic heterocycles. The van der Waals surface area contributed by atoms with Crippen LogP contribution >= 0.6 is 11.3 Å². The lowest BCUT2D eigenvalue weighted by atomic mass is 10.3. The van der Waals surface area contributed by atoms with Crippen molar-refractivity contribution in [3.05, 3.63) is 52.0 Å². The number of carbonyl (C=O) groups is 2. The molecule has 1 aromatic carbocycles. The molecule has 2 aromatic rings. The molecular formula is C18H21FN2O7S3. The molecule has 0 unspecified atom stereocenters. The number of hydrogen-bond donors (Lipinski definition) is 2. The van der Waals surface area contributed by atoms with E-state index in [1.165, 1.54) is 25.1 Å². The van der Waals surface area contributed by atoms with Crippen molar-refractivity contribution in [1.29, 1.82) is 0 Å². The number of esters is 1. The van der Waals surface area contributed by atoms with Crippen molar-refractivity contribution in [3.8, 4) is 0 Å². The first-order valence-electron chi connectivity index (χ1n) is 8.89. The summed E-state index contributed by atoms with van der Waals surface area (Å²) in [6, 6.07) is 6.54. The Morgan fingerprint density at radius 2 is 1.81 bits per heavy atom. The lowest BCUT2D eigenvalue weighted by Gasteiger charge is -2.13. The molecule has 0 amide bonds. The second kappa shape index (κ2) is 10.4. The number of carbonyl (C=O) groups excluding carboxylic acids is 2. The van der Waals surface area contributed by atoms with Crippen LogP contribution in [0, 0.1) is 5.82 Å². The molecule has 9 nitrogen and oxygen atoms in total. The molecule has 2 N–H and O–H groups in total. The Balaban J connectivity index is 1.88. The first kappa shape index (κ1) is 25.1. The van der Waals surface area contributed by atoms with Gasteiger partial charge in [0.05, 0.1) is 11.1 Å². The quantitative estimate of drug-likeness (QED) is 0.354. The Kier molecular flexibility index (Phi) is 8.42. The van der Waals surface area contributed by atoms with Gasteiger partial charge in [0.2, 0.25) is 25.8 Å². The molecule has 0 spiro atoms. The van der Waals surface area contributed by atoms with E-state index < -0.39 is 55.2 Å². The van der Waals surface area contributed by atoms with Gasteiger partial charge in [-0.3, -0.25) is 9.59 Å². The van der Waals surface area contributed by atoms with Crippen LogP contribution in [-0.2, 0) is 36.0 Å². The van der Waals surface area contributed by atoms with Crippen molar-refractivity contribution in [3.63, 3.8) is 0 Å². The summed E-state index contributed by atoms with van der Waals surface area (Å²) in [5, 5.41) is 0. The number of benzene rings is 1. The van der Waals surface area contributed by atoms with Crippen molar-refractivity contribution >= 4 is 43.1 Å². The summed E-state index contributed by atoms with van der Waals surface area (Å²) in [7, 11) is -7.60. The van der Waals surface area contributed by atoms with E-state index in [1.54, 1.807) is 6.07 Å². The maximum Gasteiger partial charge on any atom is 0.324 e. The van der Waals surface area contributed by atoms with Gasteiger partial charge in [-0.05, 0) is 37.6 Å². The molecule has 2 rings (SSSR count). The summed E-state index contributed by atoms with van der Waals surface area (Å²) in [6.07, 6.45) is 1.43. The van der Waals surface area contributed by atoms with Gasteiger partial charge < -0.3 is 4.74 Å². The average molecular weight is 493 g/mol. The number of hydrogen-bond acceptors (Lipinski definition) is 8. The van der Waals surface area contributed by atoms with Gasteiger partial charge in [0.15, 0.2) is 6.61 Å². The van der Waals surface area contributed by atoms with Crippen molar-refractivity contribution in [2.24, 2.45) is 0 Å². The largest absolute Gasteiger partial charge is 0.456 e. The van der Waals surface area contributed by atoms with Crippen molar-refractivity contribution in [1.82, 2.24) is 9.44 Å². The Labute approximate surface area is 183 Å². The lowest BCUT2D eigenvalue weighted by molar-refractivity contribution is -0.144. The van der Waals surface area contributed by atoms with Crippen LogP contribution in [0.5, 0.6) is 0 Å². The highest BCUT2D eigenvalue weighted by atomic mass is 32.2. The third-order valence-corrected chi connectivity index (χ3v) is 7.32. The zero-order valence-corrected chi connectivity index (χ0v) is 19.1. The highest BCUT2D eigenvalue weighted by Gasteiger charge is 2.26. The molecule has 1 atom stereocenters. The summed E-state index contributed by atoms with van der Waals surface area (Å²) < 4.78 is 69.5. The van der Waals surface area contributed by atoms with Gasteiger partial charge in [-0.15, -0.1) is 11.3 Å². The summed E-state index contributed by atoms with van der Waals surface area (Å²) in [6.45, 7) is 0.789. The Hall–Kier alpha value is -2.19. The summed E-state index contributed by atoms with van der Waals surface area (Å²) >= 11 is 1.13. The number of halogens is 1. The van der Waals surface area contributed by atoms with Crippen molar-refractivity contribution in [2.75, 3.05) is 19.4 Å². The lowest BCUT2D eigenvalue weighted by Crippen LogP contribution is -2.40. The zero-order valence-electron chi connectivity index (χ0n) is 16.6. The molecule has 13 heteroatoms. The summed E-state index contributed by atoms with van der Waals surface area (Å²) in [5.41, 5.74) is 0. The minimum absolute atomic E-state index is 0.182. The molecule has 1 heterocycles. The number of ether oxygens (including phenoxy) is 1. The second-order valence-corrected chi connectivity index (χ2v) is 11.2. The highest BCUT2D eigenvalue weighted by molar-refractivity contribution is 7.89. The van der Waals surface area contributed by atoms with Crippen molar-refractivity contribution in [2.45, 2.75) is 24.3 Å². The molecule has 0 saturated carbocycles. The standard InChI is InChI=1S/C18H21FN2O7S3/c1-12(21-31(26,27)17-6-4-3-5-14(17)19)18(23)28-11-15(22)16-8-7-13(29-16)9-10-20-30(2,24)25/h3-8,12,20-21H,9-11H2,1-2H3/t12-/m0/s1. The Morgan fingerprint density at radius 1 is 1.13 bits per heavy atom. The van der Waals surface area contributed by atoms with E-state index in [2.05, 4.69) is 4.72 Å². The van der Waals surface area contributed by atoms with E-state index in [4.69, 9.17) is 4.74 Å². The molecule has 0 fully saturated rings. The van der Waals surface area contributed by atoms with Crippen LogP contribution in [-0.4, -0.2) is 54.0 Å². The fourth-order valence-electron chi connectivity index (χ4n) is 2.36. The monoisotopic (exact) mass is 492 g/mol. The molecule has 1 aromatic heterocycles. The molecule has 0 aliphatic carbocycles. The van der Waals surface area contributed by atoms with Gasteiger partial charge in [0.1, 0.15) is 16.8 Å². The maximum absolute atomic E-state index is 13.7. The number of rotatable bonds is 11. The van der Waals surface area contributed by atoms with Gasteiger partial charge >= 0.3 is 5.97 Å². The third kappa shape index (κ3) is 7.78. The first-order chi connectivity index (χ1) is 14.4. The molecule has 31 heavy (non-hydrogen) atoms. The van der Waals surface area contributed by atoms with E-state index in [0.29, 0.717) is 11.3 Å². The van der Waals surface area contributed by atoms with E-state index in [0.717, 1.165) is 34.6 Å². The van der Waals surface area contributed by atoms with E-state index >= 15 is 0 Å². The van der Waals surface area contributed by atoms with Gasteiger partial charge in [-0.1, -0.05) is 12.1 Å². The first-order valence-corrected chi connectivity index (χ1v) is 13.1. The van der Waals surface area contributed by atoms with Crippen LogP contribution in [0.25, 0.3) is 0 Å². The number of ketones is 1. The SMILES string of the molecule is C[C@H](NS(=O)(=O)c1ccccc1F)C(=O)OCC(=O)c1ccc(CCNS(C)(=O)=O)s1. The molecule has 170 valence electrons. The zero-order chi connectivity index (χ0) is 23.2. The molecule has 0 bridgehead atoms. The number of nitrogens with one attached hydrogen (secondary N) is 2. The smallest absolute Gasteiger partial charge is 0.324 e. The van der Waals surface area contributed by atoms with Crippen LogP contribution in [0.1, 0.15) is 21.5 Å². The van der Waals surface area contributed by atoms with E-state index in [9.17, 15) is 30.8 Å². The maximum atomic E-state index is 13.7. The molecule has 0 aliphatic rings. The number of sulfonamides is 2. The molecule has 0 saturated heterocycles.